The van der Waals surface area contributed by atoms with Crippen molar-refractivity contribution in [3.63, 3.8) is 0 Å². The number of ether oxygens (including phenoxy) is 1. The van der Waals surface area contributed by atoms with Crippen molar-refractivity contribution >= 4 is 23.1 Å². The molecule has 0 fully saturated rings. The molecule has 1 aromatic carbocycles. The van der Waals surface area contributed by atoms with Crippen molar-refractivity contribution < 1.29 is 23.4 Å². The third-order valence-corrected chi connectivity index (χ3v) is 3.91. The number of amides is 2. The lowest BCUT2D eigenvalue weighted by molar-refractivity contribution is -0.0497. The molecule has 2 aromatic rings. The summed E-state index contributed by atoms with van der Waals surface area (Å²) >= 11 is 1.47. The van der Waals surface area contributed by atoms with Crippen molar-refractivity contribution in [1.29, 1.82) is 0 Å². The lowest BCUT2D eigenvalue weighted by atomic mass is 10.2. The first-order valence-corrected chi connectivity index (χ1v) is 7.73. The molecule has 2 rings (SSSR count). The molecule has 0 aliphatic carbocycles. The Balaban J connectivity index is 1.98. The second kappa shape index (κ2) is 8.44. The molecule has 0 spiro atoms. The third kappa shape index (κ3) is 5.50. The van der Waals surface area contributed by atoms with Crippen LogP contribution in [0.5, 0.6) is 5.75 Å². The molecule has 0 aliphatic heterocycles. The maximum absolute atomic E-state index is 12.2. The summed E-state index contributed by atoms with van der Waals surface area (Å²) in [6, 6.07) is 8.64. The van der Waals surface area contributed by atoms with Crippen molar-refractivity contribution in [3.8, 4) is 5.75 Å². The van der Waals surface area contributed by atoms with Crippen molar-refractivity contribution in [2.24, 2.45) is 0 Å². The van der Waals surface area contributed by atoms with Crippen LogP contribution in [0.4, 0.5) is 19.3 Å². The average molecular weight is 342 g/mol. The highest BCUT2D eigenvalue weighted by atomic mass is 32.1. The molecule has 0 unspecified atom stereocenters. The Kier molecular flexibility index (Phi) is 6.30. The fourth-order valence-electron chi connectivity index (χ4n) is 1.98. The predicted octanol–water partition coefficient (Wildman–Crippen LogP) is 3.59. The monoisotopic (exact) mass is 342 g/mol. The highest BCUT2D eigenvalue weighted by molar-refractivity contribution is 7.10. The van der Waals surface area contributed by atoms with E-state index >= 15 is 0 Å². The van der Waals surface area contributed by atoms with Gasteiger partial charge in [0, 0.05) is 23.2 Å². The van der Waals surface area contributed by atoms with Crippen LogP contribution in [0.25, 0.3) is 0 Å². The molecular formula is C15H16F2N2O3S. The topological polar surface area (TPSA) is 70.6 Å². The van der Waals surface area contributed by atoms with E-state index in [4.69, 9.17) is 5.11 Å². The second-order valence-corrected chi connectivity index (χ2v) is 5.56. The number of halogens is 2. The molecule has 0 saturated heterocycles. The summed E-state index contributed by atoms with van der Waals surface area (Å²) in [6.07, 6.45) is 0.377. The van der Waals surface area contributed by atoms with E-state index < -0.39 is 12.6 Å². The van der Waals surface area contributed by atoms with E-state index in [2.05, 4.69) is 15.4 Å². The van der Waals surface area contributed by atoms with Gasteiger partial charge in [-0.3, -0.25) is 0 Å². The molecule has 1 heterocycles. The third-order valence-electron chi connectivity index (χ3n) is 2.93. The second-order valence-electron chi connectivity index (χ2n) is 4.59. The molecule has 0 aliphatic rings. The highest BCUT2D eigenvalue weighted by Crippen LogP contribution is 2.23. The Labute approximate surface area is 135 Å². The molecule has 0 saturated carbocycles. The smallest absolute Gasteiger partial charge is 0.387 e. The van der Waals surface area contributed by atoms with Gasteiger partial charge in [0.25, 0.3) is 0 Å². The van der Waals surface area contributed by atoms with Gasteiger partial charge in [-0.2, -0.15) is 8.78 Å². The van der Waals surface area contributed by atoms with Gasteiger partial charge in [-0.15, -0.1) is 11.3 Å². The predicted molar refractivity (Wildman–Crippen MR) is 84.0 cm³/mol. The SMILES string of the molecule is O=C(Nc1cccc(OC(F)F)c1)N[C@H](CCO)c1cccs1. The maximum Gasteiger partial charge on any atom is 0.387 e. The zero-order chi connectivity index (χ0) is 16.7. The molecule has 3 N–H and O–H groups in total. The number of hydrogen-bond donors (Lipinski definition) is 3. The van der Waals surface area contributed by atoms with Crippen LogP contribution in [0, 0.1) is 0 Å². The first-order chi connectivity index (χ1) is 11.1. The van der Waals surface area contributed by atoms with Gasteiger partial charge in [0.1, 0.15) is 5.75 Å². The minimum Gasteiger partial charge on any atom is -0.435 e. The van der Waals surface area contributed by atoms with E-state index in [-0.39, 0.29) is 18.4 Å². The maximum atomic E-state index is 12.2. The normalized spacial score (nSPS) is 12.0. The molecular weight excluding hydrogens is 326 g/mol. The first-order valence-electron chi connectivity index (χ1n) is 6.85. The van der Waals surface area contributed by atoms with E-state index in [1.807, 2.05) is 17.5 Å². The molecule has 124 valence electrons. The average Bonchev–Trinajstić information content (AvgIpc) is 3.00. The van der Waals surface area contributed by atoms with Crippen LogP contribution in [0.3, 0.4) is 0 Å². The summed E-state index contributed by atoms with van der Waals surface area (Å²) < 4.78 is 28.6. The lowest BCUT2D eigenvalue weighted by Gasteiger charge is -2.17. The van der Waals surface area contributed by atoms with Crippen molar-refractivity contribution in [2.45, 2.75) is 19.1 Å². The summed E-state index contributed by atoms with van der Waals surface area (Å²) in [7, 11) is 0. The van der Waals surface area contributed by atoms with Crippen LogP contribution in [0.2, 0.25) is 0 Å². The number of carbonyl (C=O) groups excluding carboxylic acids is 1. The largest absolute Gasteiger partial charge is 0.435 e. The summed E-state index contributed by atoms with van der Waals surface area (Å²) in [4.78, 5) is 13.0. The molecule has 1 atom stereocenters. The van der Waals surface area contributed by atoms with Crippen LogP contribution < -0.4 is 15.4 Å². The van der Waals surface area contributed by atoms with Gasteiger partial charge in [-0.05, 0) is 30.0 Å². The van der Waals surface area contributed by atoms with Crippen LogP contribution in [-0.4, -0.2) is 24.4 Å². The zero-order valence-electron chi connectivity index (χ0n) is 12.0. The first kappa shape index (κ1) is 17.2. The van der Waals surface area contributed by atoms with Gasteiger partial charge in [-0.25, -0.2) is 4.79 Å². The quantitative estimate of drug-likeness (QED) is 0.720. The Morgan fingerprint density at radius 3 is 2.78 bits per heavy atom. The zero-order valence-corrected chi connectivity index (χ0v) is 12.9. The minimum atomic E-state index is -2.92. The Hall–Kier alpha value is -2.19. The van der Waals surface area contributed by atoms with E-state index in [0.717, 1.165) is 4.88 Å². The number of rotatable bonds is 7. The summed E-state index contributed by atoms with van der Waals surface area (Å²) in [5.74, 6) is -0.0389. The Morgan fingerprint density at radius 1 is 1.30 bits per heavy atom. The molecule has 0 bridgehead atoms. The molecule has 23 heavy (non-hydrogen) atoms. The molecule has 0 radical (unpaired) electrons. The van der Waals surface area contributed by atoms with E-state index in [0.29, 0.717) is 12.1 Å². The number of nitrogens with one attached hydrogen (secondary N) is 2. The molecule has 1 aromatic heterocycles. The van der Waals surface area contributed by atoms with E-state index in [1.54, 1.807) is 6.07 Å². The highest BCUT2D eigenvalue weighted by Gasteiger charge is 2.15. The van der Waals surface area contributed by atoms with Crippen molar-refractivity contribution in [3.05, 3.63) is 46.7 Å². The Morgan fingerprint density at radius 2 is 2.13 bits per heavy atom. The molecule has 5 nitrogen and oxygen atoms in total. The van der Waals surface area contributed by atoms with E-state index in [9.17, 15) is 13.6 Å². The molecule has 2 amide bonds. The van der Waals surface area contributed by atoms with E-state index in [1.165, 1.54) is 29.5 Å². The number of aliphatic hydroxyl groups is 1. The fraction of sp³-hybridized carbons (Fsp3) is 0.267. The van der Waals surface area contributed by atoms with Crippen LogP contribution in [0.15, 0.2) is 41.8 Å². The standard InChI is InChI=1S/C15H16F2N2O3S/c16-14(17)22-11-4-1-3-10(9-11)18-15(21)19-12(6-7-20)13-5-2-8-23-13/h1-5,8-9,12,14,20H,6-7H2,(H2,18,19,21)/t12-/m1/s1. The Bertz CT molecular complexity index is 623. The number of anilines is 1. The number of urea groups is 1. The van der Waals surface area contributed by atoms with Crippen LogP contribution in [0.1, 0.15) is 17.3 Å². The van der Waals surface area contributed by atoms with Crippen LogP contribution in [-0.2, 0) is 0 Å². The van der Waals surface area contributed by atoms with Gasteiger partial charge in [0.2, 0.25) is 0 Å². The number of benzene rings is 1. The summed E-state index contributed by atoms with van der Waals surface area (Å²) in [5.41, 5.74) is 0.328. The number of hydrogen-bond acceptors (Lipinski definition) is 4. The summed E-state index contributed by atoms with van der Waals surface area (Å²) in [5, 5.41) is 16.3. The number of aliphatic hydroxyl groups excluding tert-OH is 1. The summed E-state index contributed by atoms with van der Waals surface area (Å²) in [6.45, 7) is -2.99. The minimum absolute atomic E-state index is 0.0389. The number of thiophene rings is 1. The van der Waals surface area contributed by atoms with Gasteiger partial charge in [-0.1, -0.05) is 12.1 Å². The number of carbonyl (C=O) groups is 1. The van der Waals surface area contributed by atoms with Crippen molar-refractivity contribution in [1.82, 2.24) is 5.32 Å². The number of alkyl halides is 2. The molecule has 8 heteroatoms. The van der Waals surface area contributed by atoms with Gasteiger partial charge >= 0.3 is 12.6 Å². The fourth-order valence-corrected chi connectivity index (χ4v) is 2.79. The van der Waals surface area contributed by atoms with Crippen molar-refractivity contribution in [2.75, 3.05) is 11.9 Å². The lowest BCUT2D eigenvalue weighted by Crippen LogP contribution is -2.32. The van der Waals surface area contributed by atoms with Gasteiger partial charge < -0.3 is 20.5 Å². The van der Waals surface area contributed by atoms with Gasteiger partial charge in [0.15, 0.2) is 0 Å². The van der Waals surface area contributed by atoms with Crippen LogP contribution >= 0.6 is 11.3 Å². The van der Waals surface area contributed by atoms with Gasteiger partial charge in [0.05, 0.1) is 6.04 Å².